The van der Waals surface area contributed by atoms with E-state index in [0.29, 0.717) is 49.9 Å². The predicted octanol–water partition coefficient (Wildman–Crippen LogP) is 5.65. The van der Waals surface area contributed by atoms with Gasteiger partial charge in [0.2, 0.25) is 0 Å². The number of alkyl halides is 4. The lowest BCUT2D eigenvalue weighted by Gasteiger charge is -2.40. The highest BCUT2D eigenvalue weighted by Gasteiger charge is 2.39. The summed E-state index contributed by atoms with van der Waals surface area (Å²) in [7, 11) is -1.97. The third-order valence-corrected chi connectivity index (χ3v) is 9.85. The normalized spacial score (nSPS) is 23.8. The molecule has 0 bridgehead atoms. The second-order valence-corrected chi connectivity index (χ2v) is 11.3. The van der Waals surface area contributed by atoms with Gasteiger partial charge in [-0.1, -0.05) is 13.3 Å². The van der Waals surface area contributed by atoms with Crippen LogP contribution < -0.4 is 0 Å². The number of nitrogens with zero attached hydrogens (tertiary/aromatic N) is 1. The molecule has 2 heterocycles. The lowest BCUT2D eigenvalue weighted by molar-refractivity contribution is 0.0572. The van der Waals surface area contributed by atoms with Crippen LogP contribution >= 0.6 is 63.2 Å². The Hall–Kier alpha value is 1.82. The Bertz CT molecular complexity index is 379. The summed E-state index contributed by atoms with van der Waals surface area (Å²) >= 11 is 24.2. The maximum Gasteiger partial charge on any atom is 0.185 e. The predicted molar refractivity (Wildman–Crippen MR) is 117 cm³/mol. The van der Waals surface area contributed by atoms with Gasteiger partial charge >= 0.3 is 0 Å². The monoisotopic (exact) mass is 501 g/mol. The molecule has 0 amide bonds. The molecule has 2 aliphatic rings. The van der Waals surface area contributed by atoms with E-state index in [-0.39, 0.29) is 10.8 Å². The van der Waals surface area contributed by atoms with Crippen molar-refractivity contribution in [1.29, 1.82) is 0 Å². The second-order valence-electron chi connectivity index (χ2n) is 7.32. The average Bonchev–Trinajstić information content (AvgIpc) is 2.73. The summed E-state index contributed by atoms with van der Waals surface area (Å²) in [5, 5.41) is 0. The molecule has 2 fully saturated rings. The highest BCUT2D eigenvalue weighted by Crippen LogP contribution is 2.50. The maximum absolute atomic E-state index is 6.04. The van der Waals surface area contributed by atoms with Crippen molar-refractivity contribution in [2.75, 3.05) is 69.1 Å². The first-order chi connectivity index (χ1) is 13.0. The van der Waals surface area contributed by atoms with Crippen LogP contribution in [0, 0.1) is 10.8 Å². The van der Waals surface area contributed by atoms with Crippen LogP contribution in [0.25, 0.3) is 0 Å². The van der Waals surface area contributed by atoms with Gasteiger partial charge in [0.25, 0.3) is 0 Å². The summed E-state index contributed by atoms with van der Waals surface area (Å²) in [6.07, 6.45) is 3.70. The Kier molecular flexibility index (Phi) is 11.7. The summed E-state index contributed by atoms with van der Waals surface area (Å²) in [5.74, 6) is 1.76. The summed E-state index contributed by atoms with van der Waals surface area (Å²) < 4.78 is 23.9. The summed E-state index contributed by atoms with van der Waals surface area (Å²) in [5.41, 5.74) is -0.551. The van der Waals surface area contributed by atoms with Crippen molar-refractivity contribution in [3.8, 4) is 0 Å². The second kappa shape index (κ2) is 12.6. The first-order valence-electron chi connectivity index (χ1n) is 9.07. The van der Waals surface area contributed by atoms with Crippen molar-refractivity contribution in [1.82, 2.24) is 4.90 Å². The van der Waals surface area contributed by atoms with Crippen molar-refractivity contribution in [2.45, 2.75) is 19.8 Å². The molecule has 0 aliphatic carbocycles. The van der Waals surface area contributed by atoms with Gasteiger partial charge in [-0.25, -0.2) is 0 Å². The van der Waals surface area contributed by atoms with Gasteiger partial charge in [-0.2, -0.15) is 0 Å². The van der Waals surface area contributed by atoms with E-state index in [9.17, 15) is 0 Å². The molecule has 0 aromatic carbocycles. The first-order valence-corrected chi connectivity index (χ1v) is 13.9. The van der Waals surface area contributed by atoms with E-state index in [2.05, 4.69) is 11.8 Å². The van der Waals surface area contributed by atoms with Crippen LogP contribution in [0.3, 0.4) is 0 Å². The zero-order valence-electron chi connectivity index (χ0n) is 15.7. The first kappa shape index (κ1) is 25.1. The van der Waals surface area contributed by atoms with Crippen molar-refractivity contribution in [2.24, 2.45) is 10.8 Å². The molecule has 5 nitrogen and oxygen atoms in total. The third kappa shape index (κ3) is 7.47. The highest BCUT2D eigenvalue weighted by molar-refractivity contribution is 7.48. The zero-order valence-corrected chi connectivity index (χ0v) is 20.5. The van der Waals surface area contributed by atoms with E-state index in [0.717, 1.165) is 32.0 Å². The van der Waals surface area contributed by atoms with Crippen LogP contribution in [0.2, 0.25) is 0 Å². The van der Waals surface area contributed by atoms with E-state index >= 15 is 0 Å². The fraction of sp³-hybridized carbons (Fsp3) is 1.00. The van der Waals surface area contributed by atoms with Crippen molar-refractivity contribution in [3.63, 3.8) is 0 Å². The number of rotatable bonds is 11. The van der Waals surface area contributed by atoms with Crippen molar-refractivity contribution < 1.29 is 18.1 Å². The van der Waals surface area contributed by atoms with E-state index in [4.69, 9.17) is 64.5 Å². The number of hydrogen-bond donors (Lipinski definition) is 0. The van der Waals surface area contributed by atoms with Crippen LogP contribution in [0.4, 0.5) is 0 Å². The topological polar surface area (TPSA) is 40.2 Å². The van der Waals surface area contributed by atoms with Crippen LogP contribution in [0.15, 0.2) is 0 Å². The maximum atomic E-state index is 6.04. The molecule has 0 atom stereocenters. The average molecular weight is 503 g/mol. The molecule has 0 N–H and O–H groups in total. The van der Waals surface area contributed by atoms with E-state index in [1.54, 1.807) is 0 Å². The standard InChI is InChI=1S/C16H29Cl4NO4P2/c1-2-3-4-21(13-26-22-9-15(5-17,6-18)10-23-26)14-27-24-11-16(7-19,8-20)12-25-27/h2-14H2,1H3. The highest BCUT2D eigenvalue weighted by atomic mass is 35.5. The van der Waals surface area contributed by atoms with Gasteiger partial charge in [-0.05, 0) is 13.0 Å². The minimum Gasteiger partial charge on any atom is -0.332 e. The summed E-state index contributed by atoms with van der Waals surface area (Å²) in [6.45, 7) is 5.32. The molecular weight excluding hydrogens is 474 g/mol. The summed E-state index contributed by atoms with van der Waals surface area (Å²) in [4.78, 5) is 2.32. The summed E-state index contributed by atoms with van der Waals surface area (Å²) in [6, 6.07) is 0. The van der Waals surface area contributed by atoms with Gasteiger partial charge in [0.1, 0.15) is 0 Å². The Labute approximate surface area is 185 Å². The Morgan fingerprint density at radius 2 is 1.11 bits per heavy atom. The van der Waals surface area contributed by atoms with Crippen molar-refractivity contribution in [3.05, 3.63) is 0 Å². The smallest absolute Gasteiger partial charge is 0.185 e. The van der Waals surface area contributed by atoms with E-state index < -0.39 is 16.8 Å². The van der Waals surface area contributed by atoms with Crippen LogP contribution in [0.1, 0.15) is 19.8 Å². The van der Waals surface area contributed by atoms with Crippen molar-refractivity contribution >= 4 is 63.2 Å². The minimum atomic E-state index is -0.984. The SMILES string of the molecule is CCCCN(CP1OCC(CCl)(CCl)CO1)CP1OCC(CCl)(CCl)CO1. The largest absolute Gasteiger partial charge is 0.332 e. The van der Waals surface area contributed by atoms with Gasteiger partial charge in [0, 0.05) is 34.3 Å². The molecule has 160 valence electrons. The minimum absolute atomic E-state index is 0.275. The Balaban J connectivity index is 1.83. The molecule has 0 aromatic heterocycles. The fourth-order valence-corrected chi connectivity index (χ4v) is 7.06. The number of unbranched alkanes of at least 4 members (excludes halogenated alkanes) is 1. The zero-order chi connectivity index (χ0) is 19.8. The Morgan fingerprint density at radius 1 is 0.741 bits per heavy atom. The van der Waals surface area contributed by atoms with Gasteiger partial charge in [-0.3, -0.25) is 4.90 Å². The van der Waals surface area contributed by atoms with Gasteiger partial charge in [-0.15, -0.1) is 46.4 Å². The van der Waals surface area contributed by atoms with Crippen LogP contribution in [0.5, 0.6) is 0 Å². The molecule has 0 spiro atoms. The molecule has 11 heteroatoms. The molecule has 2 saturated heterocycles. The van der Waals surface area contributed by atoms with Gasteiger partial charge in [0.05, 0.1) is 39.0 Å². The van der Waals surface area contributed by atoms with E-state index in [1.165, 1.54) is 0 Å². The van der Waals surface area contributed by atoms with Gasteiger partial charge in [0.15, 0.2) is 16.8 Å². The lowest BCUT2D eigenvalue weighted by atomic mass is 9.96. The molecular formula is C16H29Cl4NO4P2. The lowest BCUT2D eigenvalue weighted by Crippen LogP contribution is -2.41. The quantitative estimate of drug-likeness (QED) is 0.270. The molecule has 2 rings (SSSR count). The number of halogens is 4. The molecule has 27 heavy (non-hydrogen) atoms. The number of hydrogen-bond acceptors (Lipinski definition) is 5. The molecule has 0 radical (unpaired) electrons. The van der Waals surface area contributed by atoms with Crippen LogP contribution in [-0.2, 0) is 18.1 Å². The molecule has 2 aliphatic heterocycles. The third-order valence-electron chi connectivity index (χ3n) is 4.65. The fourth-order valence-electron chi connectivity index (χ4n) is 2.43. The van der Waals surface area contributed by atoms with Crippen LogP contribution in [-0.4, -0.2) is 74.0 Å². The molecule has 0 aromatic rings. The van der Waals surface area contributed by atoms with E-state index in [1.807, 2.05) is 0 Å². The van der Waals surface area contributed by atoms with Gasteiger partial charge < -0.3 is 18.1 Å². The molecule has 0 unspecified atom stereocenters. The Morgan fingerprint density at radius 3 is 1.41 bits per heavy atom. The molecule has 0 saturated carbocycles.